The number of hydrogen-bond donors (Lipinski definition) is 1. The van der Waals surface area contributed by atoms with E-state index in [0.717, 1.165) is 10.0 Å². The molecule has 0 bridgehead atoms. The molecule has 2 N–H and O–H groups in total. The number of rotatable bonds is 2. The van der Waals surface area contributed by atoms with E-state index in [1.807, 2.05) is 12.1 Å². The first-order valence-corrected chi connectivity index (χ1v) is 7.40. The topological polar surface area (TPSA) is 69.6 Å². The number of anilines is 1. The molecule has 0 atom stereocenters. The van der Waals surface area contributed by atoms with Crippen molar-refractivity contribution in [3.05, 3.63) is 50.9 Å². The van der Waals surface area contributed by atoms with Gasteiger partial charge in [0.25, 0.3) is 0 Å². The SMILES string of the molecule is Nc1cc(-c2nnnn2-c2ccc(Cl)cc2Cl)ccc1Br. The Kier molecular flexibility index (Phi) is 3.84. The van der Waals surface area contributed by atoms with Crippen molar-refractivity contribution in [2.75, 3.05) is 5.73 Å². The number of halogens is 3. The maximum Gasteiger partial charge on any atom is 0.187 e. The molecule has 0 aliphatic heterocycles. The van der Waals surface area contributed by atoms with Crippen molar-refractivity contribution in [3.8, 4) is 17.1 Å². The van der Waals surface area contributed by atoms with Crippen LogP contribution in [0.3, 0.4) is 0 Å². The zero-order valence-corrected chi connectivity index (χ0v) is 13.6. The number of aromatic nitrogens is 4. The van der Waals surface area contributed by atoms with Crippen LogP contribution in [0.4, 0.5) is 5.69 Å². The number of nitrogen functional groups attached to an aromatic ring is 1. The third-order valence-electron chi connectivity index (χ3n) is 2.86. The first-order chi connectivity index (χ1) is 10.1. The monoisotopic (exact) mass is 383 g/mol. The largest absolute Gasteiger partial charge is 0.398 e. The lowest BCUT2D eigenvalue weighted by Gasteiger charge is -2.08. The second-order valence-corrected chi connectivity index (χ2v) is 5.94. The normalized spacial score (nSPS) is 10.8. The van der Waals surface area contributed by atoms with E-state index in [0.29, 0.717) is 27.2 Å². The molecule has 0 saturated heterocycles. The molecule has 0 radical (unpaired) electrons. The minimum absolute atomic E-state index is 0.459. The Balaban J connectivity index is 2.14. The summed E-state index contributed by atoms with van der Waals surface area (Å²) in [5, 5.41) is 12.7. The van der Waals surface area contributed by atoms with Crippen molar-refractivity contribution >= 4 is 44.8 Å². The second-order valence-electron chi connectivity index (χ2n) is 4.25. The van der Waals surface area contributed by atoms with Crippen LogP contribution in [-0.4, -0.2) is 20.2 Å². The zero-order chi connectivity index (χ0) is 15.0. The molecule has 106 valence electrons. The summed E-state index contributed by atoms with van der Waals surface area (Å²) in [4.78, 5) is 0. The summed E-state index contributed by atoms with van der Waals surface area (Å²) in [5.41, 5.74) is 7.92. The van der Waals surface area contributed by atoms with Crippen molar-refractivity contribution in [3.63, 3.8) is 0 Å². The molecule has 0 amide bonds. The Morgan fingerprint density at radius 1 is 1.10 bits per heavy atom. The summed E-state index contributed by atoms with van der Waals surface area (Å²) in [5.74, 6) is 0.540. The zero-order valence-electron chi connectivity index (χ0n) is 10.5. The summed E-state index contributed by atoms with van der Waals surface area (Å²) >= 11 is 15.5. The molecule has 0 saturated carbocycles. The third-order valence-corrected chi connectivity index (χ3v) is 4.12. The minimum atomic E-state index is 0.459. The van der Waals surface area contributed by atoms with E-state index in [9.17, 15) is 0 Å². The molecule has 5 nitrogen and oxygen atoms in total. The lowest BCUT2D eigenvalue weighted by atomic mass is 10.2. The van der Waals surface area contributed by atoms with Crippen LogP contribution in [0.15, 0.2) is 40.9 Å². The summed E-state index contributed by atoms with van der Waals surface area (Å²) in [6.45, 7) is 0. The molecular weight excluding hydrogens is 377 g/mol. The molecular formula is C13H8BrCl2N5. The molecule has 0 unspecified atom stereocenters. The van der Waals surface area contributed by atoms with Crippen LogP contribution in [0.1, 0.15) is 0 Å². The number of hydrogen-bond acceptors (Lipinski definition) is 4. The number of tetrazole rings is 1. The van der Waals surface area contributed by atoms with Crippen molar-refractivity contribution in [2.24, 2.45) is 0 Å². The van der Waals surface area contributed by atoms with Gasteiger partial charge < -0.3 is 5.73 Å². The quantitative estimate of drug-likeness (QED) is 0.678. The van der Waals surface area contributed by atoms with Gasteiger partial charge in [-0.2, -0.15) is 4.68 Å². The highest BCUT2D eigenvalue weighted by atomic mass is 79.9. The fourth-order valence-corrected chi connectivity index (χ4v) is 2.60. The predicted octanol–water partition coefficient (Wildman–Crippen LogP) is 3.98. The molecule has 0 spiro atoms. The number of benzene rings is 2. The molecule has 0 aliphatic rings. The van der Waals surface area contributed by atoms with Gasteiger partial charge in [-0.05, 0) is 62.8 Å². The highest BCUT2D eigenvalue weighted by Crippen LogP contribution is 2.29. The lowest BCUT2D eigenvalue weighted by Crippen LogP contribution is -2.01. The van der Waals surface area contributed by atoms with E-state index in [1.54, 1.807) is 28.9 Å². The van der Waals surface area contributed by atoms with Gasteiger partial charge in [-0.15, -0.1) is 5.10 Å². The Hall–Kier alpha value is -1.63. The van der Waals surface area contributed by atoms with E-state index in [4.69, 9.17) is 28.9 Å². The maximum absolute atomic E-state index is 6.20. The first kappa shape index (κ1) is 14.3. The summed E-state index contributed by atoms with van der Waals surface area (Å²) < 4.78 is 2.36. The standard InChI is InChI=1S/C13H8BrCl2N5/c14-9-3-1-7(5-11(9)17)13-18-19-20-21(13)12-4-2-8(15)6-10(12)16/h1-6H,17H2. The molecule has 21 heavy (non-hydrogen) atoms. The molecule has 2 aromatic carbocycles. The fourth-order valence-electron chi connectivity index (χ4n) is 1.87. The van der Waals surface area contributed by atoms with Crippen molar-refractivity contribution < 1.29 is 0 Å². The molecule has 3 aromatic rings. The average molecular weight is 385 g/mol. The molecule has 1 heterocycles. The molecule has 3 rings (SSSR count). The predicted molar refractivity (Wildman–Crippen MR) is 86.7 cm³/mol. The molecule has 8 heteroatoms. The van der Waals surface area contributed by atoms with Gasteiger partial charge in [0.15, 0.2) is 5.82 Å². The fraction of sp³-hybridized carbons (Fsp3) is 0. The van der Waals surface area contributed by atoms with Gasteiger partial charge in [0.2, 0.25) is 0 Å². The van der Waals surface area contributed by atoms with E-state index in [2.05, 4.69) is 31.5 Å². The van der Waals surface area contributed by atoms with Crippen molar-refractivity contribution in [1.29, 1.82) is 0 Å². The second kappa shape index (κ2) is 5.63. The third kappa shape index (κ3) is 2.74. The Labute approximate surface area is 138 Å². The summed E-state index contributed by atoms with van der Waals surface area (Å²) in [7, 11) is 0. The van der Waals surface area contributed by atoms with E-state index in [-0.39, 0.29) is 0 Å². The number of nitrogens with zero attached hydrogens (tertiary/aromatic N) is 4. The van der Waals surface area contributed by atoms with Gasteiger partial charge >= 0.3 is 0 Å². The highest BCUT2D eigenvalue weighted by molar-refractivity contribution is 9.10. The highest BCUT2D eigenvalue weighted by Gasteiger charge is 2.14. The molecule has 0 fully saturated rings. The Bertz CT molecular complexity index is 818. The van der Waals surface area contributed by atoms with Gasteiger partial charge in [-0.1, -0.05) is 23.2 Å². The Morgan fingerprint density at radius 3 is 2.62 bits per heavy atom. The van der Waals surface area contributed by atoms with Crippen molar-refractivity contribution in [2.45, 2.75) is 0 Å². The van der Waals surface area contributed by atoms with E-state index in [1.165, 1.54) is 0 Å². The van der Waals surface area contributed by atoms with Crippen LogP contribution in [0.5, 0.6) is 0 Å². The van der Waals surface area contributed by atoms with Crippen LogP contribution < -0.4 is 5.73 Å². The van der Waals surface area contributed by atoms with Crippen LogP contribution in [0.2, 0.25) is 10.0 Å². The van der Waals surface area contributed by atoms with E-state index < -0.39 is 0 Å². The lowest BCUT2D eigenvalue weighted by molar-refractivity contribution is 0.791. The minimum Gasteiger partial charge on any atom is -0.398 e. The first-order valence-electron chi connectivity index (χ1n) is 5.85. The average Bonchev–Trinajstić information content (AvgIpc) is 2.91. The Morgan fingerprint density at radius 2 is 1.90 bits per heavy atom. The summed E-state index contributed by atoms with van der Waals surface area (Å²) in [6, 6.07) is 10.6. The van der Waals surface area contributed by atoms with Crippen LogP contribution in [0, 0.1) is 0 Å². The molecule has 1 aromatic heterocycles. The molecule has 0 aliphatic carbocycles. The van der Waals surface area contributed by atoms with Crippen LogP contribution >= 0.6 is 39.1 Å². The maximum atomic E-state index is 6.20. The van der Waals surface area contributed by atoms with Gasteiger partial charge in [-0.25, -0.2) is 0 Å². The van der Waals surface area contributed by atoms with Crippen LogP contribution in [-0.2, 0) is 0 Å². The van der Waals surface area contributed by atoms with E-state index >= 15 is 0 Å². The van der Waals surface area contributed by atoms with Gasteiger partial charge in [-0.3, -0.25) is 0 Å². The van der Waals surface area contributed by atoms with Crippen molar-refractivity contribution in [1.82, 2.24) is 20.2 Å². The van der Waals surface area contributed by atoms with Crippen LogP contribution in [0.25, 0.3) is 17.1 Å². The van der Waals surface area contributed by atoms with Gasteiger partial charge in [0, 0.05) is 20.7 Å². The van der Waals surface area contributed by atoms with Gasteiger partial charge in [0.05, 0.1) is 10.7 Å². The van der Waals surface area contributed by atoms with Gasteiger partial charge in [0.1, 0.15) is 0 Å². The smallest absolute Gasteiger partial charge is 0.187 e. The number of nitrogens with two attached hydrogens (primary N) is 1. The summed E-state index contributed by atoms with van der Waals surface area (Å²) in [6.07, 6.45) is 0.